The van der Waals surface area contributed by atoms with E-state index in [0.717, 1.165) is 5.56 Å². The molecule has 0 aliphatic carbocycles. The molecule has 5 heteroatoms. The largest absolute Gasteiger partial charge is 0.394 e. The van der Waals surface area contributed by atoms with Crippen molar-refractivity contribution >= 4 is 0 Å². The van der Waals surface area contributed by atoms with Gasteiger partial charge >= 0.3 is 0 Å². The standard InChI is InChI=1S/C11H15F2NO2/c12-11(13)9-3-1-8(2-4-9)10(7-14)16-6-5-15/h1-4,10-11,15H,5-7,14H2. The molecule has 1 aromatic carbocycles. The number of rotatable bonds is 6. The minimum atomic E-state index is -2.47. The molecule has 0 aromatic heterocycles. The fourth-order valence-corrected chi connectivity index (χ4v) is 1.35. The molecule has 0 bridgehead atoms. The van der Waals surface area contributed by atoms with Gasteiger partial charge in [0.25, 0.3) is 6.43 Å². The second kappa shape index (κ2) is 6.52. The van der Waals surface area contributed by atoms with Gasteiger partial charge in [-0.2, -0.15) is 0 Å². The van der Waals surface area contributed by atoms with Crippen molar-refractivity contribution in [2.45, 2.75) is 12.5 Å². The van der Waals surface area contributed by atoms with E-state index in [-0.39, 0.29) is 31.4 Å². The Labute approximate surface area is 92.8 Å². The van der Waals surface area contributed by atoms with Crippen molar-refractivity contribution in [2.24, 2.45) is 5.73 Å². The Morgan fingerprint density at radius 3 is 2.19 bits per heavy atom. The van der Waals surface area contributed by atoms with Crippen molar-refractivity contribution < 1.29 is 18.6 Å². The van der Waals surface area contributed by atoms with Gasteiger partial charge in [0.05, 0.1) is 19.3 Å². The Kier molecular flexibility index (Phi) is 5.31. The van der Waals surface area contributed by atoms with Crippen LogP contribution in [0.2, 0.25) is 0 Å². The quantitative estimate of drug-likeness (QED) is 0.782. The number of alkyl halides is 2. The molecule has 0 amide bonds. The van der Waals surface area contributed by atoms with E-state index in [9.17, 15) is 8.78 Å². The molecule has 90 valence electrons. The Morgan fingerprint density at radius 2 is 1.75 bits per heavy atom. The Balaban J connectivity index is 2.70. The monoisotopic (exact) mass is 231 g/mol. The van der Waals surface area contributed by atoms with Crippen LogP contribution >= 0.6 is 0 Å². The second-order valence-electron chi connectivity index (χ2n) is 3.29. The molecule has 3 nitrogen and oxygen atoms in total. The summed E-state index contributed by atoms with van der Waals surface area (Å²) in [5.74, 6) is 0. The third-order valence-electron chi connectivity index (χ3n) is 2.18. The van der Waals surface area contributed by atoms with Crippen LogP contribution in [0.3, 0.4) is 0 Å². The lowest BCUT2D eigenvalue weighted by Gasteiger charge is -2.16. The molecule has 0 saturated carbocycles. The van der Waals surface area contributed by atoms with Crippen LogP contribution in [0.15, 0.2) is 24.3 Å². The molecular formula is C11H15F2NO2. The van der Waals surface area contributed by atoms with E-state index in [1.807, 2.05) is 0 Å². The van der Waals surface area contributed by atoms with Gasteiger partial charge in [-0.05, 0) is 5.56 Å². The van der Waals surface area contributed by atoms with Crippen molar-refractivity contribution in [3.63, 3.8) is 0 Å². The van der Waals surface area contributed by atoms with E-state index in [4.69, 9.17) is 15.6 Å². The zero-order chi connectivity index (χ0) is 12.0. The molecule has 1 unspecified atom stereocenters. The third kappa shape index (κ3) is 3.52. The average molecular weight is 231 g/mol. The maximum absolute atomic E-state index is 12.3. The molecule has 0 radical (unpaired) electrons. The van der Waals surface area contributed by atoms with Crippen LogP contribution in [0.25, 0.3) is 0 Å². The topological polar surface area (TPSA) is 55.5 Å². The molecule has 0 spiro atoms. The van der Waals surface area contributed by atoms with E-state index in [0.29, 0.717) is 0 Å². The van der Waals surface area contributed by atoms with Crippen LogP contribution in [0.4, 0.5) is 8.78 Å². The smallest absolute Gasteiger partial charge is 0.263 e. The van der Waals surface area contributed by atoms with Crippen LogP contribution in [0.5, 0.6) is 0 Å². The summed E-state index contributed by atoms with van der Waals surface area (Å²) in [4.78, 5) is 0. The highest BCUT2D eigenvalue weighted by atomic mass is 19.3. The first-order valence-corrected chi connectivity index (χ1v) is 4.99. The molecule has 16 heavy (non-hydrogen) atoms. The second-order valence-corrected chi connectivity index (χ2v) is 3.29. The van der Waals surface area contributed by atoms with Crippen LogP contribution in [0.1, 0.15) is 23.7 Å². The lowest BCUT2D eigenvalue weighted by molar-refractivity contribution is 0.0328. The first-order chi connectivity index (χ1) is 7.69. The minimum Gasteiger partial charge on any atom is -0.394 e. The number of ether oxygens (including phenoxy) is 1. The number of hydrogen-bond donors (Lipinski definition) is 2. The summed E-state index contributed by atoms with van der Waals surface area (Å²) in [6, 6.07) is 5.84. The molecule has 3 N–H and O–H groups in total. The minimum absolute atomic E-state index is 0.0262. The molecule has 0 aliphatic heterocycles. The highest BCUT2D eigenvalue weighted by Gasteiger charge is 2.11. The highest BCUT2D eigenvalue weighted by molar-refractivity contribution is 5.25. The predicted molar refractivity (Wildman–Crippen MR) is 56.2 cm³/mol. The number of aliphatic hydroxyl groups excluding tert-OH is 1. The van der Waals surface area contributed by atoms with Gasteiger partial charge in [-0.1, -0.05) is 24.3 Å². The summed E-state index contributed by atoms with van der Waals surface area (Å²) in [5, 5.41) is 8.61. The zero-order valence-corrected chi connectivity index (χ0v) is 8.77. The first kappa shape index (κ1) is 13.0. The Hall–Kier alpha value is -1.04. The van der Waals surface area contributed by atoms with E-state index in [2.05, 4.69) is 0 Å². The van der Waals surface area contributed by atoms with E-state index >= 15 is 0 Å². The van der Waals surface area contributed by atoms with Crippen molar-refractivity contribution in [1.29, 1.82) is 0 Å². The van der Waals surface area contributed by atoms with E-state index < -0.39 is 6.43 Å². The van der Waals surface area contributed by atoms with Crippen LogP contribution in [-0.2, 0) is 4.74 Å². The third-order valence-corrected chi connectivity index (χ3v) is 2.18. The van der Waals surface area contributed by atoms with Crippen molar-refractivity contribution in [3.05, 3.63) is 35.4 Å². The van der Waals surface area contributed by atoms with E-state index in [1.54, 1.807) is 12.1 Å². The molecule has 1 aromatic rings. The number of halogens is 2. The van der Waals surface area contributed by atoms with Gasteiger partial charge in [0.15, 0.2) is 0 Å². The lowest BCUT2D eigenvalue weighted by Crippen LogP contribution is -2.17. The summed E-state index contributed by atoms with van der Waals surface area (Å²) in [7, 11) is 0. The first-order valence-electron chi connectivity index (χ1n) is 4.99. The van der Waals surface area contributed by atoms with Gasteiger partial charge in [-0.3, -0.25) is 0 Å². The maximum atomic E-state index is 12.3. The van der Waals surface area contributed by atoms with Crippen LogP contribution < -0.4 is 5.73 Å². The van der Waals surface area contributed by atoms with E-state index in [1.165, 1.54) is 12.1 Å². The highest BCUT2D eigenvalue weighted by Crippen LogP contribution is 2.22. The number of hydrogen-bond acceptors (Lipinski definition) is 3. The molecule has 1 rings (SSSR count). The number of nitrogens with two attached hydrogens (primary N) is 1. The average Bonchev–Trinajstić information content (AvgIpc) is 2.30. The molecule has 1 atom stereocenters. The number of aliphatic hydroxyl groups is 1. The predicted octanol–water partition coefficient (Wildman–Crippen LogP) is 1.63. The van der Waals surface area contributed by atoms with Gasteiger partial charge in [0, 0.05) is 12.1 Å². The van der Waals surface area contributed by atoms with Gasteiger partial charge in [-0.25, -0.2) is 8.78 Å². The van der Waals surface area contributed by atoms with Crippen LogP contribution in [-0.4, -0.2) is 24.9 Å². The van der Waals surface area contributed by atoms with Crippen molar-refractivity contribution in [2.75, 3.05) is 19.8 Å². The Bertz CT molecular complexity index is 303. The van der Waals surface area contributed by atoms with Crippen molar-refractivity contribution in [3.8, 4) is 0 Å². The summed E-state index contributed by atoms with van der Waals surface area (Å²) < 4.78 is 29.9. The van der Waals surface area contributed by atoms with Gasteiger partial charge < -0.3 is 15.6 Å². The summed E-state index contributed by atoms with van der Waals surface area (Å²) in [6.45, 7) is 0.331. The van der Waals surface area contributed by atoms with Crippen molar-refractivity contribution in [1.82, 2.24) is 0 Å². The molecule has 0 heterocycles. The fraction of sp³-hybridized carbons (Fsp3) is 0.455. The van der Waals surface area contributed by atoms with Gasteiger partial charge in [0.1, 0.15) is 0 Å². The number of benzene rings is 1. The maximum Gasteiger partial charge on any atom is 0.263 e. The molecular weight excluding hydrogens is 216 g/mol. The van der Waals surface area contributed by atoms with Crippen LogP contribution in [0, 0.1) is 0 Å². The fourth-order valence-electron chi connectivity index (χ4n) is 1.35. The van der Waals surface area contributed by atoms with Gasteiger partial charge in [-0.15, -0.1) is 0 Å². The SMILES string of the molecule is NCC(OCCO)c1ccc(C(F)F)cc1. The Morgan fingerprint density at radius 1 is 1.19 bits per heavy atom. The van der Waals surface area contributed by atoms with Gasteiger partial charge in [0.2, 0.25) is 0 Å². The summed E-state index contributed by atoms with van der Waals surface area (Å²) >= 11 is 0. The summed E-state index contributed by atoms with van der Waals surface area (Å²) in [5.41, 5.74) is 6.20. The summed E-state index contributed by atoms with van der Waals surface area (Å²) in [6.07, 6.45) is -2.83. The normalized spacial score (nSPS) is 13.1. The molecule has 0 aliphatic rings. The lowest BCUT2D eigenvalue weighted by atomic mass is 10.1. The zero-order valence-electron chi connectivity index (χ0n) is 8.77. The molecule has 0 fully saturated rings. The molecule has 0 saturated heterocycles.